The number of carbonyl (C=O) groups is 2. The Bertz CT molecular complexity index is 714. The Labute approximate surface area is 165 Å². The topological polar surface area (TPSA) is 71.1 Å². The average molecular weight is 396 g/mol. The monoisotopic (exact) mass is 395 g/mol. The van der Waals surface area contributed by atoms with Crippen LogP contribution in [0, 0.1) is 5.92 Å². The summed E-state index contributed by atoms with van der Waals surface area (Å²) in [6, 6.07) is 5.76. The highest BCUT2D eigenvalue weighted by molar-refractivity contribution is 6.00. The largest absolute Gasteiger partial charge is 0.486 e. The van der Waals surface area contributed by atoms with Crippen molar-refractivity contribution in [1.29, 1.82) is 0 Å². The second-order valence-corrected chi connectivity index (χ2v) is 7.12. The molecule has 4 rings (SSSR count). The zero-order valence-electron chi connectivity index (χ0n) is 15.5. The molecule has 7 nitrogen and oxygen atoms in total. The van der Waals surface area contributed by atoms with Gasteiger partial charge in [0, 0.05) is 43.9 Å². The summed E-state index contributed by atoms with van der Waals surface area (Å²) in [7, 11) is 1.91. The number of hydrogen-bond acceptors (Lipinski definition) is 5. The Hall–Kier alpha value is -1.99. The molecule has 1 N–H and O–H groups in total. The van der Waals surface area contributed by atoms with Gasteiger partial charge >= 0.3 is 0 Å². The van der Waals surface area contributed by atoms with Crippen LogP contribution in [-0.2, 0) is 9.59 Å². The Morgan fingerprint density at radius 1 is 1.26 bits per heavy atom. The quantitative estimate of drug-likeness (QED) is 0.835. The van der Waals surface area contributed by atoms with Crippen LogP contribution < -0.4 is 19.7 Å². The highest BCUT2D eigenvalue weighted by Gasteiger charge is 2.40. The van der Waals surface area contributed by atoms with Crippen molar-refractivity contribution in [2.24, 2.45) is 5.92 Å². The molecule has 0 aromatic heterocycles. The molecule has 0 aliphatic carbocycles. The summed E-state index contributed by atoms with van der Waals surface area (Å²) >= 11 is 0. The van der Waals surface area contributed by atoms with E-state index in [1.54, 1.807) is 4.90 Å². The van der Waals surface area contributed by atoms with Crippen molar-refractivity contribution >= 4 is 29.9 Å². The number of hydrogen-bond donors (Lipinski definition) is 1. The van der Waals surface area contributed by atoms with Gasteiger partial charge in [-0.05, 0) is 32.0 Å². The number of benzene rings is 1. The number of likely N-dealkylation sites (tertiary alicyclic amines) is 1. The number of nitrogens with zero attached hydrogens (tertiary/aromatic N) is 2. The first kappa shape index (κ1) is 19.8. The fourth-order valence-corrected chi connectivity index (χ4v) is 4.13. The Morgan fingerprint density at radius 2 is 2.04 bits per heavy atom. The summed E-state index contributed by atoms with van der Waals surface area (Å²) in [5.74, 6) is 1.19. The van der Waals surface area contributed by atoms with Crippen LogP contribution in [0.4, 0.5) is 5.69 Å². The van der Waals surface area contributed by atoms with Gasteiger partial charge in [0.1, 0.15) is 13.2 Å². The van der Waals surface area contributed by atoms with E-state index in [9.17, 15) is 9.59 Å². The predicted octanol–water partition coefficient (Wildman–Crippen LogP) is 1.44. The molecule has 2 amide bonds. The first-order valence-corrected chi connectivity index (χ1v) is 9.32. The van der Waals surface area contributed by atoms with Crippen molar-refractivity contribution in [1.82, 2.24) is 10.2 Å². The Balaban J connectivity index is 0.00000210. The number of ether oxygens (including phenoxy) is 2. The molecule has 0 bridgehead atoms. The van der Waals surface area contributed by atoms with Crippen LogP contribution in [0.3, 0.4) is 0 Å². The van der Waals surface area contributed by atoms with Crippen molar-refractivity contribution in [3.8, 4) is 11.5 Å². The molecule has 1 aromatic carbocycles. The van der Waals surface area contributed by atoms with E-state index in [1.165, 1.54) is 0 Å². The molecule has 3 aliphatic rings. The molecule has 27 heavy (non-hydrogen) atoms. The van der Waals surface area contributed by atoms with Crippen molar-refractivity contribution in [3.05, 3.63) is 18.2 Å². The molecular formula is C19H26ClN3O4. The predicted molar refractivity (Wildman–Crippen MR) is 104 cm³/mol. The van der Waals surface area contributed by atoms with Gasteiger partial charge in [-0.3, -0.25) is 9.59 Å². The molecule has 2 atom stereocenters. The van der Waals surface area contributed by atoms with E-state index < -0.39 is 0 Å². The van der Waals surface area contributed by atoms with E-state index in [0.29, 0.717) is 31.3 Å². The number of likely N-dealkylation sites (N-methyl/N-ethyl adjacent to an activating group) is 1. The number of rotatable bonds is 4. The van der Waals surface area contributed by atoms with Crippen LogP contribution >= 0.6 is 12.4 Å². The lowest BCUT2D eigenvalue weighted by molar-refractivity contribution is -0.136. The lowest BCUT2D eigenvalue weighted by Gasteiger charge is -2.27. The molecule has 2 fully saturated rings. The maximum absolute atomic E-state index is 13.0. The average Bonchev–Trinajstić information content (AvgIpc) is 3.28. The summed E-state index contributed by atoms with van der Waals surface area (Å²) in [4.78, 5) is 29.2. The van der Waals surface area contributed by atoms with Crippen molar-refractivity contribution in [3.63, 3.8) is 0 Å². The van der Waals surface area contributed by atoms with Crippen molar-refractivity contribution in [2.75, 3.05) is 44.8 Å². The SMILES string of the molecule is CNCC1CCCN1C(=O)C1CC(=O)N(c2ccc3c(c2)OCCO3)C1.Cl. The molecule has 2 unspecified atom stereocenters. The third kappa shape index (κ3) is 3.84. The molecule has 3 heterocycles. The summed E-state index contributed by atoms with van der Waals surface area (Å²) in [6.07, 6.45) is 2.33. The second kappa shape index (κ2) is 8.35. The van der Waals surface area contributed by atoms with Gasteiger partial charge < -0.3 is 24.6 Å². The summed E-state index contributed by atoms with van der Waals surface area (Å²) < 4.78 is 11.1. The minimum Gasteiger partial charge on any atom is -0.486 e. The van der Waals surface area contributed by atoms with E-state index in [0.717, 1.165) is 31.6 Å². The van der Waals surface area contributed by atoms with E-state index in [-0.39, 0.29) is 42.6 Å². The third-order valence-corrected chi connectivity index (χ3v) is 5.41. The summed E-state index contributed by atoms with van der Waals surface area (Å²) in [5.41, 5.74) is 0.766. The normalized spacial score (nSPS) is 24.1. The van der Waals surface area contributed by atoms with E-state index in [1.807, 2.05) is 30.1 Å². The highest BCUT2D eigenvalue weighted by atomic mass is 35.5. The lowest BCUT2D eigenvalue weighted by atomic mass is 10.1. The van der Waals surface area contributed by atoms with Crippen LogP contribution in [0.15, 0.2) is 18.2 Å². The van der Waals surface area contributed by atoms with Gasteiger partial charge in [-0.25, -0.2) is 0 Å². The number of amides is 2. The van der Waals surface area contributed by atoms with Crippen molar-refractivity contribution < 1.29 is 19.1 Å². The molecule has 2 saturated heterocycles. The molecule has 148 valence electrons. The van der Waals surface area contributed by atoms with Crippen LogP contribution in [0.5, 0.6) is 11.5 Å². The van der Waals surface area contributed by atoms with Gasteiger partial charge in [-0.1, -0.05) is 0 Å². The zero-order chi connectivity index (χ0) is 18.1. The van der Waals surface area contributed by atoms with Crippen LogP contribution in [0.2, 0.25) is 0 Å². The van der Waals surface area contributed by atoms with E-state index in [4.69, 9.17) is 9.47 Å². The van der Waals surface area contributed by atoms with Crippen LogP contribution in [-0.4, -0.2) is 62.7 Å². The molecule has 8 heteroatoms. The number of halogens is 1. The fourth-order valence-electron chi connectivity index (χ4n) is 4.13. The maximum Gasteiger partial charge on any atom is 0.228 e. The maximum atomic E-state index is 13.0. The molecule has 0 spiro atoms. The Kier molecular flexibility index (Phi) is 6.11. The van der Waals surface area contributed by atoms with Gasteiger partial charge in [-0.15, -0.1) is 12.4 Å². The third-order valence-electron chi connectivity index (χ3n) is 5.41. The molecule has 1 aromatic rings. The highest BCUT2D eigenvalue weighted by Crippen LogP contribution is 2.36. The zero-order valence-corrected chi connectivity index (χ0v) is 16.3. The van der Waals surface area contributed by atoms with Gasteiger partial charge in [0.05, 0.1) is 5.92 Å². The summed E-state index contributed by atoms with van der Waals surface area (Å²) in [5, 5.41) is 3.16. The van der Waals surface area contributed by atoms with E-state index >= 15 is 0 Å². The van der Waals surface area contributed by atoms with E-state index in [2.05, 4.69) is 5.32 Å². The smallest absolute Gasteiger partial charge is 0.228 e. The van der Waals surface area contributed by atoms with Crippen LogP contribution in [0.1, 0.15) is 19.3 Å². The fraction of sp³-hybridized carbons (Fsp3) is 0.579. The molecule has 0 saturated carbocycles. The molecule has 3 aliphatic heterocycles. The molecule has 0 radical (unpaired) electrons. The number of anilines is 1. The number of carbonyl (C=O) groups excluding carboxylic acids is 2. The van der Waals surface area contributed by atoms with Gasteiger partial charge in [0.25, 0.3) is 0 Å². The van der Waals surface area contributed by atoms with Crippen molar-refractivity contribution in [2.45, 2.75) is 25.3 Å². The first-order chi connectivity index (χ1) is 12.7. The minimum absolute atomic E-state index is 0. The molecular weight excluding hydrogens is 370 g/mol. The Morgan fingerprint density at radius 3 is 2.81 bits per heavy atom. The first-order valence-electron chi connectivity index (χ1n) is 9.32. The van der Waals surface area contributed by atoms with Gasteiger partial charge in [0.15, 0.2) is 11.5 Å². The minimum atomic E-state index is -0.270. The van der Waals surface area contributed by atoms with Gasteiger partial charge in [-0.2, -0.15) is 0 Å². The second-order valence-electron chi connectivity index (χ2n) is 7.12. The van der Waals surface area contributed by atoms with Gasteiger partial charge in [0.2, 0.25) is 11.8 Å². The number of fused-ring (bicyclic) bond motifs is 1. The lowest BCUT2D eigenvalue weighted by Crippen LogP contribution is -2.44. The summed E-state index contributed by atoms with van der Waals surface area (Å²) in [6.45, 7) is 3.07. The van der Waals surface area contributed by atoms with Crippen LogP contribution in [0.25, 0.3) is 0 Å². The standard InChI is InChI=1S/C19H25N3O4.ClH/c1-20-11-15-3-2-6-21(15)19(24)13-9-18(23)22(12-13)14-4-5-16-17(10-14)26-8-7-25-16;/h4-5,10,13,15,20H,2-3,6-9,11-12H2,1H3;1H. The number of nitrogens with one attached hydrogen (secondary N) is 1.